The lowest BCUT2D eigenvalue weighted by atomic mass is 10.3. The summed E-state index contributed by atoms with van der Waals surface area (Å²) < 4.78 is 58.8. The average Bonchev–Trinajstić information content (AvgIpc) is 2.52. The number of nitrogens with zero attached hydrogens (tertiary/aromatic N) is 2. The van der Waals surface area contributed by atoms with Crippen LogP contribution in [0.5, 0.6) is 0 Å². The quantitative estimate of drug-likeness (QED) is 0.300. The van der Waals surface area contributed by atoms with Crippen molar-refractivity contribution in [3.63, 3.8) is 0 Å². The summed E-state index contributed by atoms with van der Waals surface area (Å²) in [6, 6.07) is 1.70. The van der Waals surface area contributed by atoms with E-state index in [2.05, 4.69) is 0 Å². The van der Waals surface area contributed by atoms with Crippen molar-refractivity contribution in [3.8, 4) is 0 Å². The molecule has 0 aliphatic carbocycles. The Morgan fingerprint density at radius 1 is 0.720 bits per heavy atom. The Morgan fingerprint density at radius 3 is 1.40 bits per heavy atom. The molecule has 0 heterocycles. The molecule has 0 spiro atoms. The van der Waals surface area contributed by atoms with Gasteiger partial charge in [-0.15, -0.1) is 0 Å². The Bertz CT molecular complexity index is 798. The molecule has 0 amide bonds. The summed E-state index contributed by atoms with van der Waals surface area (Å²) in [6.07, 6.45) is 0. The first-order valence-corrected chi connectivity index (χ1v) is 7.47. The van der Waals surface area contributed by atoms with E-state index in [1.807, 2.05) is 0 Å². The lowest BCUT2D eigenvalue weighted by Crippen LogP contribution is -1.96. The van der Waals surface area contributed by atoms with Crippen LogP contribution in [0.25, 0.3) is 0 Å². The molecule has 0 saturated carbocycles. The van der Waals surface area contributed by atoms with Gasteiger partial charge in [0, 0.05) is 24.1 Å². The van der Waals surface area contributed by atoms with Crippen LogP contribution in [0.2, 0.25) is 0 Å². The van der Waals surface area contributed by atoms with Gasteiger partial charge in [-0.1, -0.05) is 0 Å². The van der Waals surface area contributed by atoms with E-state index in [-0.39, 0.29) is 24.1 Å². The monoisotopic (exact) mass is 396 g/mol. The molecule has 132 valence electrons. The van der Waals surface area contributed by atoms with Crippen molar-refractivity contribution < 1.29 is 31.0 Å². The second kappa shape index (κ2) is 7.67. The smallest absolute Gasteiger partial charge is 0.258 e. The predicted molar refractivity (Wildman–Crippen MR) is 78.8 cm³/mol. The molecule has 0 aliphatic heterocycles. The molecule has 2 rings (SSSR count). The highest BCUT2D eigenvalue weighted by Gasteiger charge is 2.21. The summed E-state index contributed by atoms with van der Waals surface area (Å²) in [6.45, 7) is 0. The number of rotatable bonds is 6. The molecule has 0 fully saturated rings. The molecule has 2 aromatic carbocycles. The van der Waals surface area contributed by atoms with Crippen LogP contribution >= 0.6 is 24.1 Å². The Labute approximate surface area is 144 Å². The molecule has 2 aromatic rings. The topological polar surface area (TPSA) is 95.5 Å². The van der Waals surface area contributed by atoms with Crippen LogP contribution in [0.3, 0.4) is 0 Å². The molecule has 0 aromatic heterocycles. The Kier molecular flexibility index (Phi) is 5.81. The summed E-state index contributed by atoms with van der Waals surface area (Å²) in [5, 5.41) is 20.9. The van der Waals surface area contributed by atoms with Crippen molar-refractivity contribution in [2.24, 2.45) is 0 Å². The molecule has 0 N–H and O–H groups in total. The van der Waals surface area contributed by atoms with Crippen LogP contribution < -0.4 is 0 Å². The minimum Gasteiger partial charge on any atom is -0.258 e. The molecule has 0 radical (unpaired) electrons. The van der Waals surface area contributed by atoms with E-state index in [1.165, 1.54) is 0 Å². The van der Waals surface area contributed by atoms with Crippen LogP contribution in [0.4, 0.5) is 28.9 Å². The Hall–Kier alpha value is -2.38. The Morgan fingerprint density at radius 2 is 1.08 bits per heavy atom. The molecule has 0 bridgehead atoms. The van der Waals surface area contributed by atoms with E-state index in [1.54, 1.807) is 0 Å². The SMILES string of the molecule is O=[N+]([O-])c1cc(F)c(SOSc2cc(F)c([N+](=O)[O-])cc2F)cc1F. The summed E-state index contributed by atoms with van der Waals surface area (Å²) in [4.78, 5) is 17.7. The molecule has 13 heteroatoms. The zero-order chi connectivity index (χ0) is 18.7. The second-order valence-electron chi connectivity index (χ2n) is 4.22. The molecule has 0 saturated heterocycles. The van der Waals surface area contributed by atoms with Gasteiger partial charge >= 0.3 is 11.4 Å². The van der Waals surface area contributed by atoms with Crippen molar-refractivity contribution in [2.75, 3.05) is 0 Å². The summed E-state index contributed by atoms with van der Waals surface area (Å²) in [7, 11) is 0. The minimum absolute atomic E-state index is 0.204. The van der Waals surface area contributed by atoms with Crippen molar-refractivity contribution in [3.05, 3.63) is 67.8 Å². The van der Waals surface area contributed by atoms with Crippen LogP contribution in [0, 0.1) is 43.5 Å². The third kappa shape index (κ3) is 4.37. The van der Waals surface area contributed by atoms with Gasteiger partial charge in [0.2, 0.25) is 11.6 Å². The summed E-state index contributed by atoms with van der Waals surface area (Å²) in [5.41, 5.74) is -2.14. The molecule has 25 heavy (non-hydrogen) atoms. The third-order valence-electron chi connectivity index (χ3n) is 2.64. The fourth-order valence-corrected chi connectivity index (χ4v) is 2.84. The summed E-state index contributed by atoms with van der Waals surface area (Å²) >= 11 is 0.408. The fraction of sp³-hybridized carbons (Fsp3) is 0. The summed E-state index contributed by atoms with van der Waals surface area (Å²) in [5.74, 6) is -4.94. The molecule has 0 aliphatic rings. The largest absolute Gasteiger partial charge is 0.307 e. The first-order chi connectivity index (χ1) is 11.7. The minimum atomic E-state index is -1.31. The first kappa shape index (κ1) is 19.0. The van der Waals surface area contributed by atoms with E-state index in [0.29, 0.717) is 24.3 Å². The highest BCUT2D eigenvalue weighted by atomic mass is 32.2. The maximum Gasteiger partial charge on any atom is 0.307 e. The highest BCUT2D eigenvalue weighted by molar-refractivity contribution is 8.07. The zero-order valence-corrected chi connectivity index (χ0v) is 13.2. The van der Waals surface area contributed by atoms with Crippen molar-refractivity contribution in [1.82, 2.24) is 0 Å². The molecule has 0 atom stereocenters. The van der Waals surface area contributed by atoms with Crippen molar-refractivity contribution in [1.29, 1.82) is 0 Å². The van der Waals surface area contributed by atoms with Crippen molar-refractivity contribution in [2.45, 2.75) is 9.79 Å². The number of benzene rings is 2. The van der Waals surface area contributed by atoms with E-state index >= 15 is 0 Å². The van der Waals surface area contributed by atoms with E-state index in [0.717, 1.165) is 0 Å². The molecule has 0 unspecified atom stereocenters. The molecular weight excluding hydrogens is 392 g/mol. The number of hydrogen-bond acceptors (Lipinski definition) is 7. The zero-order valence-electron chi connectivity index (χ0n) is 11.6. The van der Waals surface area contributed by atoms with Gasteiger partial charge in [0.25, 0.3) is 0 Å². The maximum atomic E-state index is 13.6. The van der Waals surface area contributed by atoms with Gasteiger partial charge in [0.05, 0.1) is 31.8 Å². The van der Waals surface area contributed by atoms with Gasteiger partial charge in [0.15, 0.2) is 0 Å². The van der Waals surface area contributed by atoms with Gasteiger partial charge in [-0.2, -0.15) is 8.78 Å². The fourth-order valence-electron chi connectivity index (χ4n) is 1.53. The first-order valence-electron chi connectivity index (χ1n) is 5.98. The van der Waals surface area contributed by atoms with Gasteiger partial charge in [-0.3, -0.25) is 20.2 Å². The van der Waals surface area contributed by atoms with Gasteiger partial charge in [0.1, 0.15) is 11.6 Å². The lowest BCUT2D eigenvalue weighted by molar-refractivity contribution is -0.387. The third-order valence-corrected chi connectivity index (χ3v) is 4.17. The van der Waals surface area contributed by atoms with E-state index in [4.69, 9.17) is 3.63 Å². The normalized spacial score (nSPS) is 10.7. The standard InChI is InChI=1S/C12H4F4N2O5S2/c13-5-3-11(7(15)1-9(5)17(19)20)24-23-25-12-4-6(14)10(18(21)22)2-8(12)16/h1-4H. The molecular formula is C12H4F4N2O5S2. The van der Waals surface area contributed by atoms with E-state index in [9.17, 15) is 37.8 Å². The van der Waals surface area contributed by atoms with Crippen LogP contribution in [0.1, 0.15) is 0 Å². The van der Waals surface area contributed by atoms with Crippen molar-refractivity contribution >= 4 is 35.5 Å². The predicted octanol–water partition coefficient (Wildman–Crippen LogP) is 4.79. The molecule has 7 nitrogen and oxygen atoms in total. The number of halogens is 4. The van der Waals surface area contributed by atoms with Crippen LogP contribution in [0.15, 0.2) is 34.1 Å². The lowest BCUT2D eigenvalue weighted by Gasteiger charge is -2.05. The number of nitro benzene ring substituents is 2. The maximum absolute atomic E-state index is 13.6. The van der Waals surface area contributed by atoms with Crippen LogP contribution in [-0.4, -0.2) is 9.85 Å². The van der Waals surface area contributed by atoms with E-state index < -0.39 is 54.3 Å². The average molecular weight is 396 g/mol. The highest BCUT2D eigenvalue weighted by Crippen LogP contribution is 2.36. The van der Waals surface area contributed by atoms with Gasteiger partial charge in [-0.05, 0) is 12.1 Å². The Balaban J connectivity index is 2.11. The second-order valence-corrected chi connectivity index (χ2v) is 5.97. The van der Waals surface area contributed by atoms with Gasteiger partial charge in [-0.25, -0.2) is 12.4 Å². The van der Waals surface area contributed by atoms with Gasteiger partial charge < -0.3 is 0 Å². The van der Waals surface area contributed by atoms with Crippen LogP contribution in [-0.2, 0) is 3.63 Å². The number of hydrogen-bond donors (Lipinski definition) is 0. The number of nitro groups is 2.